The molecule has 1 rings (SSSR count). The number of nitrogens with two attached hydrogens (primary N) is 1. The van der Waals surface area contributed by atoms with E-state index in [0.29, 0.717) is 0 Å². The van der Waals surface area contributed by atoms with Crippen LogP contribution in [0.2, 0.25) is 0 Å². The van der Waals surface area contributed by atoms with E-state index >= 15 is 0 Å². The lowest BCUT2D eigenvalue weighted by Gasteiger charge is -2.13. The summed E-state index contributed by atoms with van der Waals surface area (Å²) < 4.78 is 49.5. The lowest BCUT2D eigenvalue weighted by atomic mass is 10.2. The molecule has 1 aromatic carbocycles. The van der Waals surface area contributed by atoms with E-state index in [1.807, 2.05) is 0 Å². The molecule has 1 unspecified atom stereocenters. The highest BCUT2D eigenvalue weighted by molar-refractivity contribution is 7.89. The summed E-state index contributed by atoms with van der Waals surface area (Å²) in [6, 6.07) is 3.03. The molecule has 1 aromatic rings. The first-order valence-electron chi connectivity index (χ1n) is 5.24. The van der Waals surface area contributed by atoms with Crippen molar-refractivity contribution in [1.29, 1.82) is 0 Å². The second kappa shape index (κ2) is 6.11. The monoisotopic (exact) mass is 310 g/mol. The van der Waals surface area contributed by atoms with Crippen molar-refractivity contribution in [2.75, 3.05) is 12.3 Å². The molecule has 0 bridgehead atoms. The number of carbonyl (C=O) groups is 1. The van der Waals surface area contributed by atoms with E-state index in [0.717, 1.165) is 18.2 Å². The highest BCUT2D eigenvalue weighted by Gasteiger charge is 2.25. The van der Waals surface area contributed by atoms with Gasteiger partial charge in [0.05, 0.1) is 10.5 Å². The van der Waals surface area contributed by atoms with Gasteiger partial charge in [0.1, 0.15) is 6.10 Å². The number of alkyl halides is 2. The van der Waals surface area contributed by atoms with E-state index in [9.17, 15) is 22.0 Å². The Bertz CT molecular complexity index is 606. The summed E-state index contributed by atoms with van der Waals surface area (Å²) in [6.45, 7) is -0.941. The number of carboxylic acid groups (broad SMARTS) is 1. The summed E-state index contributed by atoms with van der Waals surface area (Å²) in [4.78, 5) is 10.3. The van der Waals surface area contributed by atoms with Crippen LogP contribution >= 0.6 is 0 Å². The first-order chi connectivity index (χ1) is 9.15. The van der Waals surface area contributed by atoms with Gasteiger partial charge < -0.3 is 15.9 Å². The minimum Gasteiger partial charge on any atom is -0.478 e. The van der Waals surface area contributed by atoms with Gasteiger partial charge >= 0.3 is 5.97 Å². The molecule has 0 aliphatic rings. The number of aromatic carboxylic acids is 1. The van der Waals surface area contributed by atoms with Crippen molar-refractivity contribution in [1.82, 2.24) is 4.72 Å². The number of hydrogen-bond acceptors (Lipinski definition) is 5. The number of rotatable bonds is 6. The fourth-order valence-electron chi connectivity index (χ4n) is 1.31. The Morgan fingerprint density at radius 3 is 2.50 bits per heavy atom. The second-order valence-corrected chi connectivity index (χ2v) is 5.55. The predicted octanol–water partition coefficient (Wildman–Crippen LogP) is -0.129. The number of nitrogen functional groups attached to an aromatic ring is 1. The topological polar surface area (TPSA) is 130 Å². The maximum absolute atomic E-state index is 12.1. The van der Waals surface area contributed by atoms with Gasteiger partial charge in [-0.1, -0.05) is 0 Å². The van der Waals surface area contributed by atoms with Crippen molar-refractivity contribution in [2.24, 2.45) is 0 Å². The molecule has 0 fully saturated rings. The number of benzene rings is 1. The molecule has 0 aliphatic carbocycles. The van der Waals surface area contributed by atoms with E-state index in [2.05, 4.69) is 0 Å². The molecule has 0 aromatic heterocycles. The van der Waals surface area contributed by atoms with Crippen molar-refractivity contribution in [3.8, 4) is 0 Å². The lowest BCUT2D eigenvalue weighted by molar-refractivity contribution is -0.000456. The van der Waals surface area contributed by atoms with Crippen molar-refractivity contribution in [3.63, 3.8) is 0 Å². The molecule has 0 spiro atoms. The SMILES string of the molecule is Nc1ccc(S(=O)(=O)NCC(O)C(F)F)c(C(=O)O)c1. The van der Waals surface area contributed by atoms with Crippen LogP contribution in [-0.2, 0) is 10.0 Å². The molecule has 0 saturated heterocycles. The van der Waals surface area contributed by atoms with Crippen molar-refractivity contribution in [2.45, 2.75) is 17.4 Å². The number of aliphatic hydroxyl groups excluding tert-OH is 1. The van der Waals surface area contributed by atoms with Gasteiger partial charge in [0.25, 0.3) is 6.43 Å². The summed E-state index contributed by atoms with van der Waals surface area (Å²) in [6.07, 6.45) is -5.31. The average molecular weight is 310 g/mol. The number of anilines is 1. The van der Waals surface area contributed by atoms with E-state index in [1.165, 1.54) is 0 Å². The molecule has 0 saturated carbocycles. The fraction of sp³-hybridized carbons (Fsp3) is 0.300. The summed E-state index contributed by atoms with van der Waals surface area (Å²) in [5, 5.41) is 17.7. The van der Waals surface area contributed by atoms with Gasteiger partial charge in [-0.15, -0.1) is 0 Å². The first-order valence-corrected chi connectivity index (χ1v) is 6.72. The van der Waals surface area contributed by atoms with Crippen LogP contribution in [0.4, 0.5) is 14.5 Å². The summed E-state index contributed by atoms with van der Waals surface area (Å²) >= 11 is 0. The standard InChI is InChI=1S/C10H12F2N2O5S/c11-9(12)7(15)4-14-20(18,19)8-2-1-5(13)3-6(8)10(16)17/h1-3,7,9,14-15H,4,13H2,(H,16,17). The minimum atomic E-state index is -4.36. The third-order valence-corrected chi connectivity index (χ3v) is 3.78. The molecule has 0 aliphatic heterocycles. The Kier molecular flexibility index (Phi) is 4.98. The van der Waals surface area contributed by atoms with E-state index < -0.39 is 45.5 Å². The number of nitrogens with one attached hydrogen (secondary N) is 1. The Morgan fingerprint density at radius 1 is 1.40 bits per heavy atom. The zero-order chi connectivity index (χ0) is 15.5. The fourth-order valence-corrected chi connectivity index (χ4v) is 2.54. The van der Waals surface area contributed by atoms with Crippen LogP contribution < -0.4 is 10.5 Å². The molecule has 7 nitrogen and oxygen atoms in total. The second-order valence-electron chi connectivity index (χ2n) is 3.81. The maximum Gasteiger partial charge on any atom is 0.337 e. The Hall–Kier alpha value is -1.78. The maximum atomic E-state index is 12.1. The average Bonchev–Trinajstić information content (AvgIpc) is 2.35. The van der Waals surface area contributed by atoms with Crippen LogP contribution in [0.5, 0.6) is 0 Å². The molecular weight excluding hydrogens is 298 g/mol. The number of carboxylic acids is 1. The summed E-state index contributed by atoms with van der Waals surface area (Å²) in [5.74, 6) is -1.54. The number of halogens is 2. The smallest absolute Gasteiger partial charge is 0.337 e. The van der Waals surface area contributed by atoms with Gasteiger partial charge in [-0.25, -0.2) is 26.7 Å². The van der Waals surface area contributed by atoms with Crippen molar-refractivity contribution in [3.05, 3.63) is 23.8 Å². The van der Waals surface area contributed by atoms with E-state index in [4.69, 9.17) is 15.9 Å². The van der Waals surface area contributed by atoms with Gasteiger partial charge in [0, 0.05) is 12.2 Å². The highest BCUT2D eigenvalue weighted by atomic mass is 32.2. The first kappa shape index (κ1) is 16.3. The van der Waals surface area contributed by atoms with Crippen LogP contribution in [0.15, 0.2) is 23.1 Å². The summed E-state index contributed by atoms with van der Waals surface area (Å²) in [7, 11) is -4.36. The van der Waals surface area contributed by atoms with Gasteiger partial charge in [0.2, 0.25) is 10.0 Å². The lowest BCUT2D eigenvalue weighted by Crippen LogP contribution is -2.36. The normalized spacial score (nSPS) is 13.4. The van der Waals surface area contributed by atoms with Crippen molar-refractivity contribution >= 4 is 21.7 Å². The van der Waals surface area contributed by atoms with E-state index in [1.54, 1.807) is 4.72 Å². The number of aliphatic hydroxyl groups is 1. The number of hydrogen-bond donors (Lipinski definition) is 4. The molecule has 10 heteroatoms. The Labute approximate surface area is 113 Å². The largest absolute Gasteiger partial charge is 0.478 e. The molecule has 5 N–H and O–H groups in total. The molecule has 112 valence electrons. The van der Waals surface area contributed by atoms with E-state index in [-0.39, 0.29) is 5.69 Å². The van der Waals surface area contributed by atoms with Crippen LogP contribution in [0.3, 0.4) is 0 Å². The molecule has 1 atom stereocenters. The van der Waals surface area contributed by atoms with Crippen molar-refractivity contribution < 1.29 is 32.2 Å². The third-order valence-electron chi connectivity index (χ3n) is 2.30. The van der Waals surface area contributed by atoms with Gasteiger partial charge in [-0.05, 0) is 18.2 Å². The Morgan fingerprint density at radius 2 is 2.00 bits per heavy atom. The number of sulfonamides is 1. The molecular formula is C10H12F2N2O5S. The minimum absolute atomic E-state index is 0.0361. The van der Waals surface area contributed by atoms with Crippen LogP contribution in [0.25, 0.3) is 0 Å². The van der Waals surface area contributed by atoms with Gasteiger partial charge in [-0.3, -0.25) is 0 Å². The molecule has 20 heavy (non-hydrogen) atoms. The molecule has 0 heterocycles. The predicted molar refractivity (Wildman–Crippen MR) is 65.0 cm³/mol. The quantitative estimate of drug-likeness (QED) is 0.542. The zero-order valence-electron chi connectivity index (χ0n) is 9.95. The van der Waals surface area contributed by atoms with Crippen LogP contribution in [0.1, 0.15) is 10.4 Å². The zero-order valence-corrected chi connectivity index (χ0v) is 10.8. The van der Waals surface area contributed by atoms with Crippen LogP contribution in [-0.4, -0.2) is 43.7 Å². The van der Waals surface area contributed by atoms with Gasteiger partial charge in [0.15, 0.2) is 0 Å². The van der Waals surface area contributed by atoms with Gasteiger partial charge in [-0.2, -0.15) is 0 Å². The van der Waals surface area contributed by atoms with Crippen LogP contribution in [0, 0.1) is 0 Å². The summed E-state index contributed by atoms with van der Waals surface area (Å²) in [5.41, 5.74) is 4.80. The third kappa shape index (κ3) is 3.85. The molecule has 0 radical (unpaired) electrons. The molecule has 0 amide bonds. The Balaban J connectivity index is 3.07. The highest BCUT2D eigenvalue weighted by Crippen LogP contribution is 2.19.